The predicted molar refractivity (Wildman–Crippen MR) is 160 cm³/mol. The molecule has 0 amide bonds. The van der Waals surface area contributed by atoms with E-state index in [2.05, 4.69) is 94.2 Å². The van der Waals surface area contributed by atoms with Crippen molar-refractivity contribution in [2.75, 3.05) is 0 Å². The SMILES string of the molecule is CCCCCCCCC1(CCCCCCCC)N=C(c2ccc(Br)cc2)C(c2ccc(Br)cc2)=N1. The number of unbranched alkanes of at least 4 members (excludes halogenated alkanes) is 10. The number of benzene rings is 2. The van der Waals surface area contributed by atoms with Gasteiger partial charge in [0, 0.05) is 20.1 Å². The van der Waals surface area contributed by atoms with Crippen LogP contribution in [0.2, 0.25) is 0 Å². The number of hydrogen-bond donors (Lipinski definition) is 0. The van der Waals surface area contributed by atoms with Crippen LogP contribution in [-0.2, 0) is 0 Å². The van der Waals surface area contributed by atoms with Crippen molar-refractivity contribution in [2.45, 2.75) is 109 Å². The number of rotatable bonds is 16. The molecule has 0 aromatic heterocycles. The van der Waals surface area contributed by atoms with Crippen molar-refractivity contribution >= 4 is 43.3 Å². The molecule has 2 nitrogen and oxygen atoms in total. The molecule has 0 unspecified atom stereocenters. The first-order chi connectivity index (χ1) is 17.1. The fourth-order valence-corrected chi connectivity index (χ4v) is 5.42. The molecular weight excluding hydrogens is 560 g/mol. The Hall–Kier alpha value is -1.26. The molecule has 1 aliphatic rings. The van der Waals surface area contributed by atoms with Gasteiger partial charge in [-0.3, -0.25) is 9.98 Å². The highest BCUT2D eigenvalue weighted by Gasteiger charge is 2.36. The molecular formula is C31H42Br2N2. The summed E-state index contributed by atoms with van der Waals surface area (Å²) >= 11 is 7.18. The van der Waals surface area contributed by atoms with E-state index in [9.17, 15) is 0 Å². The Balaban J connectivity index is 1.85. The van der Waals surface area contributed by atoms with Crippen LogP contribution in [0.3, 0.4) is 0 Å². The Morgan fingerprint density at radius 2 is 0.857 bits per heavy atom. The minimum absolute atomic E-state index is 0.319. The van der Waals surface area contributed by atoms with Crippen LogP contribution in [0.25, 0.3) is 0 Å². The largest absolute Gasteiger partial charge is 0.253 e. The van der Waals surface area contributed by atoms with Gasteiger partial charge in [-0.15, -0.1) is 0 Å². The molecule has 1 aliphatic heterocycles. The van der Waals surface area contributed by atoms with Crippen molar-refractivity contribution in [2.24, 2.45) is 9.98 Å². The van der Waals surface area contributed by atoms with E-state index >= 15 is 0 Å². The standard InChI is InChI=1S/C31H42Br2N2/c1-3-5-7-9-11-13-23-31(24-14-12-10-8-6-4-2)34-29(25-15-19-27(32)20-16-25)30(35-31)26-17-21-28(33)22-18-26/h15-22H,3-14,23-24H2,1-2H3. The lowest BCUT2D eigenvalue weighted by atomic mass is 9.95. The summed E-state index contributed by atoms with van der Waals surface area (Å²) < 4.78 is 2.18. The molecule has 3 rings (SSSR count). The van der Waals surface area contributed by atoms with Crippen LogP contribution in [0.1, 0.15) is 115 Å². The topological polar surface area (TPSA) is 24.7 Å². The molecule has 0 fully saturated rings. The van der Waals surface area contributed by atoms with Crippen LogP contribution in [0.4, 0.5) is 0 Å². The predicted octanol–water partition coefficient (Wildman–Crippen LogP) is 10.7. The highest BCUT2D eigenvalue weighted by molar-refractivity contribution is 9.10. The molecule has 2 aromatic rings. The first kappa shape index (κ1) is 28.3. The van der Waals surface area contributed by atoms with Crippen LogP contribution >= 0.6 is 31.9 Å². The van der Waals surface area contributed by atoms with E-state index in [1.807, 2.05) is 0 Å². The molecule has 35 heavy (non-hydrogen) atoms. The van der Waals surface area contributed by atoms with Crippen molar-refractivity contribution in [1.82, 2.24) is 0 Å². The first-order valence-corrected chi connectivity index (χ1v) is 15.4. The summed E-state index contributed by atoms with van der Waals surface area (Å²) in [5, 5.41) is 0. The van der Waals surface area contributed by atoms with Crippen LogP contribution in [0.5, 0.6) is 0 Å². The zero-order valence-electron chi connectivity index (χ0n) is 21.7. The van der Waals surface area contributed by atoms with Crippen LogP contribution in [-0.4, -0.2) is 17.1 Å². The van der Waals surface area contributed by atoms with E-state index in [4.69, 9.17) is 9.98 Å². The maximum atomic E-state index is 5.45. The van der Waals surface area contributed by atoms with Gasteiger partial charge in [-0.25, -0.2) is 0 Å². The number of hydrogen-bond acceptors (Lipinski definition) is 2. The summed E-state index contributed by atoms with van der Waals surface area (Å²) in [4.78, 5) is 10.9. The smallest absolute Gasteiger partial charge is 0.151 e. The summed E-state index contributed by atoms with van der Waals surface area (Å²) in [6.45, 7) is 4.57. The number of nitrogens with zero attached hydrogens (tertiary/aromatic N) is 2. The van der Waals surface area contributed by atoms with E-state index in [0.29, 0.717) is 0 Å². The Morgan fingerprint density at radius 3 is 1.23 bits per heavy atom. The van der Waals surface area contributed by atoms with Gasteiger partial charge in [-0.1, -0.05) is 134 Å². The Kier molecular flexibility index (Phi) is 12.2. The molecule has 0 saturated heterocycles. The van der Waals surface area contributed by atoms with Gasteiger partial charge >= 0.3 is 0 Å². The van der Waals surface area contributed by atoms with E-state index in [1.165, 1.54) is 77.0 Å². The maximum Gasteiger partial charge on any atom is 0.151 e. The molecule has 0 saturated carbocycles. The Labute approximate surface area is 230 Å². The van der Waals surface area contributed by atoms with Gasteiger partial charge in [0.25, 0.3) is 0 Å². The van der Waals surface area contributed by atoms with Crippen LogP contribution in [0, 0.1) is 0 Å². The molecule has 0 atom stereocenters. The highest BCUT2D eigenvalue weighted by atomic mass is 79.9. The van der Waals surface area contributed by atoms with Crippen LogP contribution in [0.15, 0.2) is 67.5 Å². The van der Waals surface area contributed by atoms with E-state index in [0.717, 1.165) is 44.3 Å². The van der Waals surface area contributed by atoms with Gasteiger partial charge in [0.15, 0.2) is 5.66 Å². The van der Waals surface area contributed by atoms with E-state index < -0.39 is 0 Å². The van der Waals surface area contributed by atoms with Crippen molar-refractivity contribution in [3.05, 3.63) is 68.6 Å². The second-order valence-electron chi connectivity index (χ2n) is 9.95. The summed E-state index contributed by atoms with van der Waals surface area (Å²) in [5.74, 6) is 0. The molecule has 0 bridgehead atoms. The van der Waals surface area contributed by atoms with Crippen molar-refractivity contribution in [3.8, 4) is 0 Å². The van der Waals surface area contributed by atoms with Gasteiger partial charge in [0.1, 0.15) is 0 Å². The fourth-order valence-electron chi connectivity index (χ4n) is 4.89. The zero-order chi connectivity index (χ0) is 24.9. The molecule has 2 aromatic carbocycles. The second kappa shape index (κ2) is 15.1. The molecule has 4 heteroatoms. The van der Waals surface area contributed by atoms with Gasteiger partial charge < -0.3 is 0 Å². The third-order valence-electron chi connectivity index (χ3n) is 6.96. The molecule has 0 spiro atoms. The third-order valence-corrected chi connectivity index (χ3v) is 8.02. The minimum atomic E-state index is -0.319. The normalized spacial score (nSPS) is 14.7. The number of halogens is 2. The quantitative estimate of drug-likeness (QED) is 0.171. The van der Waals surface area contributed by atoms with Crippen LogP contribution < -0.4 is 0 Å². The number of aliphatic imine (C=N–C) groups is 2. The monoisotopic (exact) mass is 600 g/mol. The Bertz CT molecular complexity index is 865. The van der Waals surface area contributed by atoms with E-state index in [1.54, 1.807) is 0 Å². The van der Waals surface area contributed by atoms with Crippen molar-refractivity contribution < 1.29 is 0 Å². The fraction of sp³-hybridized carbons (Fsp3) is 0.548. The lowest BCUT2D eigenvalue weighted by Crippen LogP contribution is -2.22. The summed E-state index contributed by atoms with van der Waals surface area (Å²) in [6.07, 6.45) is 17.7. The second-order valence-corrected chi connectivity index (χ2v) is 11.8. The van der Waals surface area contributed by atoms with Crippen molar-refractivity contribution in [3.63, 3.8) is 0 Å². The molecule has 190 valence electrons. The summed E-state index contributed by atoms with van der Waals surface area (Å²) in [5.41, 5.74) is 4.10. The van der Waals surface area contributed by atoms with Gasteiger partial charge in [0.2, 0.25) is 0 Å². The average Bonchev–Trinajstić information content (AvgIpc) is 3.24. The third kappa shape index (κ3) is 8.97. The lowest BCUT2D eigenvalue weighted by molar-refractivity contribution is 0.357. The molecule has 0 aliphatic carbocycles. The maximum absolute atomic E-state index is 5.45. The summed E-state index contributed by atoms with van der Waals surface area (Å²) in [7, 11) is 0. The molecule has 1 heterocycles. The zero-order valence-corrected chi connectivity index (χ0v) is 24.8. The van der Waals surface area contributed by atoms with Gasteiger partial charge in [-0.05, 0) is 49.9 Å². The molecule has 0 radical (unpaired) electrons. The minimum Gasteiger partial charge on any atom is -0.253 e. The Morgan fingerprint density at radius 1 is 0.514 bits per heavy atom. The summed E-state index contributed by atoms with van der Waals surface area (Å²) in [6, 6.07) is 17.1. The molecule has 0 N–H and O–H groups in total. The highest BCUT2D eigenvalue weighted by Crippen LogP contribution is 2.35. The van der Waals surface area contributed by atoms with Gasteiger partial charge in [-0.2, -0.15) is 0 Å². The average molecular weight is 602 g/mol. The van der Waals surface area contributed by atoms with E-state index in [-0.39, 0.29) is 5.66 Å². The lowest BCUT2D eigenvalue weighted by Gasteiger charge is -2.23. The van der Waals surface area contributed by atoms with Gasteiger partial charge in [0.05, 0.1) is 11.4 Å². The van der Waals surface area contributed by atoms with Crippen molar-refractivity contribution in [1.29, 1.82) is 0 Å². The first-order valence-electron chi connectivity index (χ1n) is 13.8.